The van der Waals surface area contributed by atoms with Gasteiger partial charge in [-0.15, -0.1) is 0 Å². The van der Waals surface area contributed by atoms with E-state index in [4.69, 9.17) is 19.9 Å². The molecule has 7 heteroatoms. The van der Waals surface area contributed by atoms with E-state index in [0.717, 1.165) is 5.56 Å². The van der Waals surface area contributed by atoms with E-state index in [1.165, 1.54) is 18.4 Å². The number of benzene rings is 1. The summed E-state index contributed by atoms with van der Waals surface area (Å²) in [4.78, 5) is 16.4. The number of thiazole rings is 1. The first-order valence-electron chi connectivity index (χ1n) is 5.67. The number of nitrogen functional groups attached to an aromatic ring is 1. The van der Waals surface area contributed by atoms with Gasteiger partial charge in [-0.2, -0.15) is 0 Å². The van der Waals surface area contributed by atoms with E-state index in [2.05, 4.69) is 4.98 Å². The predicted octanol–water partition coefficient (Wildman–Crippen LogP) is 2.20. The molecule has 0 atom stereocenters. The van der Waals surface area contributed by atoms with Crippen molar-refractivity contribution in [3.63, 3.8) is 0 Å². The number of aromatic nitrogens is 1. The molecule has 0 aliphatic rings. The summed E-state index contributed by atoms with van der Waals surface area (Å²) in [5.41, 5.74) is 6.61. The number of nitrogens with zero attached hydrogens (tertiary/aromatic N) is 1. The largest absolute Gasteiger partial charge is 0.497 e. The first kappa shape index (κ1) is 14.1. The summed E-state index contributed by atoms with van der Waals surface area (Å²) in [6.45, 7) is 0. The number of hydrogen-bond acceptors (Lipinski definition) is 7. The average Bonchev–Trinajstić information content (AvgIpc) is 2.87. The maximum atomic E-state index is 11.7. The number of carbonyl (C=O) groups is 1. The number of anilines is 1. The molecule has 0 saturated heterocycles. The van der Waals surface area contributed by atoms with Crippen molar-refractivity contribution in [3.05, 3.63) is 23.9 Å². The molecule has 106 valence electrons. The predicted molar refractivity (Wildman–Crippen MR) is 76.4 cm³/mol. The Labute approximate surface area is 120 Å². The summed E-state index contributed by atoms with van der Waals surface area (Å²) in [7, 11) is 4.41. The lowest BCUT2D eigenvalue weighted by Crippen LogP contribution is -2.03. The van der Waals surface area contributed by atoms with Gasteiger partial charge < -0.3 is 19.9 Å². The van der Waals surface area contributed by atoms with Gasteiger partial charge >= 0.3 is 5.97 Å². The van der Waals surface area contributed by atoms with E-state index in [-0.39, 0.29) is 5.69 Å². The van der Waals surface area contributed by atoms with Gasteiger partial charge in [-0.3, -0.25) is 0 Å². The van der Waals surface area contributed by atoms with Crippen LogP contribution in [0.15, 0.2) is 18.2 Å². The van der Waals surface area contributed by atoms with Crippen molar-refractivity contribution in [3.8, 4) is 21.9 Å². The highest BCUT2D eigenvalue weighted by atomic mass is 32.1. The van der Waals surface area contributed by atoms with Crippen LogP contribution in [0.4, 0.5) is 5.13 Å². The maximum absolute atomic E-state index is 11.7. The zero-order valence-electron chi connectivity index (χ0n) is 11.3. The van der Waals surface area contributed by atoms with Crippen molar-refractivity contribution in [2.75, 3.05) is 27.1 Å². The third-order valence-electron chi connectivity index (χ3n) is 2.64. The van der Waals surface area contributed by atoms with Crippen LogP contribution in [0.3, 0.4) is 0 Å². The molecule has 1 heterocycles. The zero-order valence-corrected chi connectivity index (χ0v) is 12.1. The van der Waals surface area contributed by atoms with E-state index in [1.54, 1.807) is 32.4 Å². The highest BCUT2D eigenvalue weighted by Gasteiger charge is 2.20. The third kappa shape index (κ3) is 2.67. The topological polar surface area (TPSA) is 83.7 Å². The molecule has 20 heavy (non-hydrogen) atoms. The van der Waals surface area contributed by atoms with Gasteiger partial charge in [0.2, 0.25) is 0 Å². The van der Waals surface area contributed by atoms with Gasteiger partial charge in [-0.05, 0) is 12.1 Å². The number of ether oxygens (including phenoxy) is 3. The minimum Gasteiger partial charge on any atom is -0.497 e. The van der Waals surface area contributed by atoms with Crippen molar-refractivity contribution < 1.29 is 19.0 Å². The number of esters is 1. The van der Waals surface area contributed by atoms with Crippen molar-refractivity contribution in [1.29, 1.82) is 0 Å². The Balaban J connectivity index is 2.58. The van der Waals surface area contributed by atoms with Crippen LogP contribution in [0, 0.1) is 0 Å². The summed E-state index contributed by atoms with van der Waals surface area (Å²) in [6, 6.07) is 5.30. The van der Waals surface area contributed by atoms with Gasteiger partial charge in [0.15, 0.2) is 10.8 Å². The fourth-order valence-corrected chi connectivity index (χ4v) is 2.51. The van der Waals surface area contributed by atoms with Crippen LogP contribution in [-0.2, 0) is 4.74 Å². The lowest BCUT2D eigenvalue weighted by molar-refractivity contribution is 0.0596. The zero-order chi connectivity index (χ0) is 14.7. The molecule has 0 aliphatic heterocycles. The maximum Gasteiger partial charge on any atom is 0.358 e. The Kier molecular flexibility index (Phi) is 4.09. The van der Waals surface area contributed by atoms with Crippen LogP contribution in [0.25, 0.3) is 10.4 Å². The van der Waals surface area contributed by atoms with E-state index in [0.29, 0.717) is 21.5 Å². The fraction of sp³-hybridized carbons (Fsp3) is 0.231. The van der Waals surface area contributed by atoms with Crippen molar-refractivity contribution in [2.45, 2.75) is 0 Å². The molecule has 6 nitrogen and oxygen atoms in total. The second-order valence-electron chi connectivity index (χ2n) is 3.82. The smallest absolute Gasteiger partial charge is 0.358 e. The first-order chi connectivity index (χ1) is 9.58. The van der Waals surface area contributed by atoms with Crippen LogP contribution < -0.4 is 15.2 Å². The molecule has 2 N–H and O–H groups in total. The summed E-state index contributed by atoms with van der Waals surface area (Å²) < 4.78 is 15.1. The lowest BCUT2D eigenvalue weighted by Gasteiger charge is -2.08. The monoisotopic (exact) mass is 294 g/mol. The Morgan fingerprint density at radius 3 is 2.25 bits per heavy atom. The number of rotatable bonds is 4. The van der Waals surface area contributed by atoms with Gasteiger partial charge in [0, 0.05) is 11.6 Å². The van der Waals surface area contributed by atoms with E-state index in [1.807, 2.05) is 0 Å². The molecule has 2 aromatic rings. The highest BCUT2D eigenvalue weighted by molar-refractivity contribution is 7.19. The molecule has 0 unspecified atom stereocenters. The second-order valence-corrected chi connectivity index (χ2v) is 4.85. The summed E-state index contributed by atoms with van der Waals surface area (Å²) >= 11 is 1.20. The Bertz CT molecular complexity index is 617. The Morgan fingerprint density at radius 2 is 1.75 bits per heavy atom. The minimum atomic E-state index is -0.533. The van der Waals surface area contributed by atoms with Gasteiger partial charge in [0.1, 0.15) is 11.5 Å². The molecular formula is C13H14N2O4S. The number of nitrogens with two attached hydrogens (primary N) is 1. The number of carbonyl (C=O) groups excluding carboxylic acids is 1. The molecular weight excluding hydrogens is 280 g/mol. The van der Waals surface area contributed by atoms with Gasteiger partial charge in [0.05, 0.1) is 26.2 Å². The normalized spacial score (nSPS) is 10.2. The minimum absolute atomic E-state index is 0.185. The molecule has 2 rings (SSSR count). The molecule has 0 bridgehead atoms. The average molecular weight is 294 g/mol. The molecule has 0 aliphatic carbocycles. The first-order valence-corrected chi connectivity index (χ1v) is 6.48. The summed E-state index contributed by atoms with van der Waals surface area (Å²) in [5, 5.41) is 0.294. The van der Waals surface area contributed by atoms with Crippen LogP contribution >= 0.6 is 11.3 Å². The molecule has 0 radical (unpaired) electrons. The SMILES string of the molecule is COC(=O)c1nc(N)sc1-c1cc(OC)cc(OC)c1. The standard InChI is InChI=1S/C13H14N2O4S/c1-17-8-4-7(5-9(6-8)18-2)11-10(12(16)19-3)15-13(14)20-11/h4-6H,1-3H3,(H2,14,15). The Morgan fingerprint density at radius 1 is 1.15 bits per heavy atom. The van der Waals surface area contributed by atoms with Crippen molar-refractivity contribution in [2.24, 2.45) is 0 Å². The van der Waals surface area contributed by atoms with Crippen molar-refractivity contribution >= 4 is 22.4 Å². The molecule has 0 fully saturated rings. The summed E-state index contributed by atoms with van der Waals surface area (Å²) in [6.07, 6.45) is 0. The molecule has 0 amide bonds. The van der Waals surface area contributed by atoms with Gasteiger partial charge in [-0.25, -0.2) is 9.78 Å². The fourth-order valence-electron chi connectivity index (χ4n) is 1.71. The van der Waals surface area contributed by atoms with E-state index >= 15 is 0 Å². The molecule has 0 saturated carbocycles. The molecule has 1 aromatic heterocycles. The summed E-state index contributed by atoms with van der Waals surface area (Å²) in [5.74, 6) is 0.694. The number of methoxy groups -OCH3 is 3. The highest BCUT2D eigenvalue weighted by Crippen LogP contribution is 2.36. The van der Waals surface area contributed by atoms with E-state index in [9.17, 15) is 4.79 Å². The quantitative estimate of drug-likeness (QED) is 0.870. The van der Waals surface area contributed by atoms with E-state index < -0.39 is 5.97 Å². The van der Waals surface area contributed by atoms with Crippen LogP contribution in [-0.4, -0.2) is 32.3 Å². The third-order valence-corrected chi connectivity index (χ3v) is 3.57. The molecule has 0 spiro atoms. The molecule has 1 aromatic carbocycles. The number of hydrogen-bond donors (Lipinski definition) is 1. The lowest BCUT2D eigenvalue weighted by atomic mass is 10.1. The second kappa shape index (κ2) is 5.79. The van der Waals surface area contributed by atoms with Gasteiger partial charge in [-0.1, -0.05) is 11.3 Å². The van der Waals surface area contributed by atoms with Gasteiger partial charge in [0.25, 0.3) is 0 Å². The Hall–Kier alpha value is -2.28. The van der Waals surface area contributed by atoms with Crippen LogP contribution in [0.5, 0.6) is 11.5 Å². The van der Waals surface area contributed by atoms with Crippen LogP contribution in [0.2, 0.25) is 0 Å². The van der Waals surface area contributed by atoms with Crippen molar-refractivity contribution in [1.82, 2.24) is 4.98 Å². The van der Waals surface area contributed by atoms with Crippen LogP contribution in [0.1, 0.15) is 10.5 Å².